The summed E-state index contributed by atoms with van der Waals surface area (Å²) in [5.74, 6) is -0.187. The summed E-state index contributed by atoms with van der Waals surface area (Å²) in [7, 11) is 0. The molecule has 0 amide bonds. The topological polar surface area (TPSA) is 12.0 Å². The number of benzene rings is 2. The van der Waals surface area contributed by atoms with Crippen LogP contribution in [-0.2, 0) is 12.8 Å². The Balaban J connectivity index is 2.08. The third kappa shape index (κ3) is 5.60. The van der Waals surface area contributed by atoms with E-state index >= 15 is 0 Å². The van der Waals surface area contributed by atoms with E-state index in [4.69, 9.17) is 0 Å². The third-order valence-electron chi connectivity index (χ3n) is 3.41. The predicted molar refractivity (Wildman–Crippen MR) is 90.0 cm³/mol. The van der Waals surface area contributed by atoms with Crippen LogP contribution in [-0.4, -0.2) is 12.6 Å². The molecule has 1 unspecified atom stereocenters. The SMILES string of the molecule is CCCNC(Cc1ccccc1)Cc1cc(F)cc(Br)c1. The molecule has 2 aromatic rings. The highest BCUT2D eigenvalue weighted by Crippen LogP contribution is 2.17. The van der Waals surface area contributed by atoms with Gasteiger partial charge in [-0.05, 0) is 55.1 Å². The molecule has 1 N–H and O–H groups in total. The molecule has 0 aliphatic heterocycles. The summed E-state index contributed by atoms with van der Waals surface area (Å²) in [5.41, 5.74) is 2.33. The molecule has 2 rings (SSSR count). The van der Waals surface area contributed by atoms with Crippen molar-refractivity contribution >= 4 is 15.9 Å². The second-order valence-corrected chi connectivity index (χ2v) is 6.24. The highest BCUT2D eigenvalue weighted by atomic mass is 79.9. The minimum absolute atomic E-state index is 0.187. The van der Waals surface area contributed by atoms with Crippen molar-refractivity contribution < 1.29 is 4.39 Å². The molecular weight excluding hydrogens is 329 g/mol. The maximum atomic E-state index is 13.5. The lowest BCUT2D eigenvalue weighted by Gasteiger charge is -2.19. The van der Waals surface area contributed by atoms with Crippen molar-refractivity contribution in [1.29, 1.82) is 0 Å². The van der Waals surface area contributed by atoms with Gasteiger partial charge in [0, 0.05) is 10.5 Å². The zero-order valence-corrected chi connectivity index (χ0v) is 13.9. The fourth-order valence-electron chi connectivity index (χ4n) is 2.48. The maximum Gasteiger partial charge on any atom is 0.124 e. The van der Waals surface area contributed by atoms with Crippen molar-refractivity contribution in [3.8, 4) is 0 Å². The van der Waals surface area contributed by atoms with Crippen molar-refractivity contribution in [3.63, 3.8) is 0 Å². The van der Waals surface area contributed by atoms with Gasteiger partial charge in [0.15, 0.2) is 0 Å². The van der Waals surface area contributed by atoms with E-state index in [9.17, 15) is 4.39 Å². The van der Waals surface area contributed by atoms with Gasteiger partial charge in [-0.15, -0.1) is 0 Å². The molecule has 0 aliphatic carbocycles. The fourth-order valence-corrected chi connectivity index (χ4v) is 2.99. The van der Waals surface area contributed by atoms with Crippen molar-refractivity contribution in [2.24, 2.45) is 0 Å². The Labute approximate surface area is 134 Å². The number of halogens is 2. The average molecular weight is 350 g/mol. The molecule has 0 bridgehead atoms. The molecule has 1 atom stereocenters. The van der Waals surface area contributed by atoms with Crippen LogP contribution >= 0.6 is 15.9 Å². The molecule has 2 aromatic carbocycles. The van der Waals surface area contributed by atoms with Crippen LogP contribution in [0.15, 0.2) is 53.0 Å². The van der Waals surface area contributed by atoms with E-state index in [1.165, 1.54) is 11.6 Å². The summed E-state index contributed by atoms with van der Waals surface area (Å²) in [5, 5.41) is 3.57. The number of nitrogens with one attached hydrogen (secondary N) is 1. The lowest BCUT2D eigenvalue weighted by atomic mass is 9.99. The molecule has 0 fully saturated rings. The van der Waals surface area contributed by atoms with Crippen molar-refractivity contribution in [1.82, 2.24) is 5.32 Å². The smallest absolute Gasteiger partial charge is 0.124 e. The van der Waals surface area contributed by atoms with E-state index in [2.05, 4.69) is 52.4 Å². The Kier molecular flexibility index (Phi) is 6.40. The van der Waals surface area contributed by atoms with Crippen LogP contribution in [0.2, 0.25) is 0 Å². The fraction of sp³-hybridized carbons (Fsp3) is 0.333. The van der Waals surface area contributed by atoms with E-state index in [1.54, 1.807) is 6.07 Å². The molecule has 3 heteroatoms. The third-order valence-corrected chi connectivity index (χ3v) is 3.87. The quantitative estimate of drug-likeness (QED) is 0.760. The monoisotopic (exact) mass is 349 g/mol. The van der Waals surface area contributed by atoms with Gasteiger partial charge in [-0.1, -0.05) is 53.2 Å². The molecule has 0 saturated carbocycles. The van der Waals surface area contributed by atoms with Crippen LogP contribution in [0.25, 0.3) is 0 Å². The molecule has 0 saturated heterocycles. The lowest BCUT2D eigenvalue weighted by Crippen LogP contribution is -2.33. The van der Waals surface area contributed by atoms with E-state index in [0.29, 0.717) is 6.04 Å². The van der Waals surface area contributed by atoms with E-state index < -0.39 is 0 Å². The maximum absolute atomic E-state index is 13.5. The summed E-state index contributed by atoms with van der Waals surface area (Å²) in [4.78, 5) is 0. The standard InChI is InChI=1S/C18H21BrFN/c1-2-8-21-18(11-14-6-4-3-5-7-14)12-15-9-16(19)13-17(20)10-15/h3-7,9-10,13,18,21H,2,8,11-12H2,1H3. The van der Waals surface area contributed by atoms with Gasteiger partial charge < -0.3 is 5.32 Å². The van der Waals surface area contributed by atoms with Gasteiger partial charge in [-0.2, -0.15) is 0 Å². The Morgan fingerprint density at radius 2 is 1.76 bits per heavy atom. The molecule has 0 spiro atoms. The first-order valence-electron chi connectivity index (χ1n) is 7.39. The largest absolute Gasteiger partial charge is 0.313 e. The molecule has 0 aromatic heterocycles. The highest BCUT2D eigenvalue weighted by molar-refractivity contribution is 9.10. The Bertz CT molecular complexity index is 536. The lowest BCUT2D eigenvalue weighted by molar-refractivity contribution is 0.503. The number of hydrogen-bond donors (Lipinski definition) is 1. The molecule has 0 heterocycles. The molecule has 21 heavy (non-hydrogen) atoms. The minimum atomic E-state index is -0.187. The van der Waals surface area contributed by atoms with Gasteiger partial charge in [0.25, 0.3) is 0 Å². The van der Waals surface area contributed by atoms with Gasteiger partial charge in [0.05, 0.1) is 0 Å². The summed E-state index contributed by atoms with van der Waals surface area (Å²) in [6.07, 6.45) is 2.87. The van der Waals surface area contributed by atoms with Crippen LogP contribution in [0.5, 0.6) is 0 Å². The second kappa shape index (κ2) is 8.30. The van der Waals surface area contributed by atoms with Gasteiger partial charge in [-0.25, -0.2) is 4.39 Å². The van der Waals surface area contributed by atoms with Crippen molar-refractivity contribution in [2.75, 3.05) is 6.54 Å². The van der Waals surface area contributed by atoms with Gasteiger partial charge in [0.2, 0.25) is 0 Å². The van der Waals surface area contributed by atoms with Gasteiger partial charge >= 0.3 is 0 Å². The normalized spacial score (nSPS) is 12.3. The predicted octanol–water partition coefficient (Wildman–Crippen LogP) is 4.74. The molecule has 112 valence electrons. The van der Waals surface area contributed by atoms with Gasteiger partial charge in [0.1, 0.15) is 5.82 Å². The van der Waals surface area contributed by atoms with Gasteiger partial charge in [-0.3, -0.25) is 0 Å². The Hall–Kier alpha value is -1.19. The summed E-state index contributed by atoms with van der Waals surface area (Å²) in [6.45, 7) is 3.14. The van der Waals surface area contributed by atoms with Crippen molar-refractivity contribution in [2.45, 2.75) is 32.2 Å². The van der Waals surface area contributed by atoms with Crippen LogP contribution < -0.4 is 5.32 Å². The first-order chi connectivity index (χ1) is 10.2. The zero-order valence-electron chi connectivity index (χ0n) is 12.3. The summed E-state index contributed by atoms with van der Waals surface area (Å²) >= 11 is 3.36. The molecule has 0 radical (unpaired) electrons. The first-order valence-corrected chi connectivity index (χ1v) is 8.19. The summed E-state index contributed by atoms with van der Waals surface area (Å²) in [6, 6.07) is 15.9. The van der Waals surface area contributed by atoms with E-state index in [1.807, 2.05) is 12.1 Å². The average Bonchev–Trinajstić information content (AvgIpc) is 2.45. The number of rotatable bonds is 7. The van der Waals surface area contributed by atoms with Crippen LogP contribution in [0.3, 0.4) is 0 Å². The first kappa shape index (κ1) is 16.2. The van der Waals surface area contributed by atoms with E-state index in [-0.39, 0.29) is 5.82 Å². The molecular formula is C18H21BrFN. The highest BCUT2D eigenvalue weighted by Gasteiger charge is 2.11. The summed E-state index contributed by atoms with van der Waals surface area (Å²) < 4.78 is 14.3. The van der Waals surface area contributed by atoms with Crippen LogP contribution in [0.4, 0.5) is 4.39 Å². The Morgan fingerprint density at radius 3 is 2.43 bits per heavy atom. The van der Waals surface area contributed by atoms with Crippen molar-refractivity contribution in [3.05, 3.63) is 69.9 Å². The Morgan fingerprint density at radius 1 is 1.05 bits per heavy atom. The van der Waals surface area contributed by atoms with Crippen LogP contribution in [0, 0.1) is 5.82 Å². The zero-order chi connectivity index (χ0) is 15.1. The van der Waals surface area contributed by atoms with Crippen LogP contribution in [0.1, 0.15) is 24.5 Å². The van der Waals surface area contributed by atoms with E-state index in [0.717, 1.165) is 35.8 Å². The molecule has 0 aliphatic rings. The molecule has 1 nitrogen and oxygen atoms in total. The minimum Gasteiger partial charge on any atom is -0.313 e. The number of hydrogen-bond acceptors (Lipinski definition) is 1. The second-order valence-electron chi connectivity index (χ2n) is 5.32.